The standard InChI is InChI=1S/C15H25N5O3S/c1-2-3-4-12(18-14(16)22)13(21)19-15-17-11(10-24-15)9-20-5-7-23-8-6-20/h10,12H,2-9H2,1H3,(H3,16,18,22)(H,17,19,21). The van der Waals surface area contributed by atoms with E-state index in [1.54, 1.807) is 0 Å². The largest absolute Gasteiger partial charge is 0.379 e. The number of primary amides is 1. The van der Waals surface area contributed by atoms with E-state index in [0.717, 1.165) is 51.4 Å². The van der Waals surface area contributed by atoms with Crippen LogP contribution in [0, 0.1) is 0 Å². The quantitative estimate of drug-likeness (QED) is 0.648. The number of nitrogens with one attached hydrogen (secondary N) is 2. The van der Waals surface area contributed by atoms with Crippen LogP contribution in [0.4, 0.5) is 9.93 Å². The van der Waals surface area contributed by atoms with Gasteiger partial charge >= 0.3 is 6.03 Å². The fraction of sp³-hybridized carbons (Fsp3) is 0.667. The van der Waals surface area contributed by atoms with Crippen molar-refractivity contribution in [1.82, 2.24) is 15.2 Å². The lowest BCUT2D eigenvalue weighted by Gasteiger charge is -2.25. The first-order chi connectivity index (χ1) is 11.6. The highest BCUT2D eigenvalue weighted by atomic mass is 32.1. The number of amides is 3. The second-order valence-electron chi connectivity index (χ2n) is 5.73. The lowest BCUT2D eigenvalue weighted by Crippen LogP contribution is -2.46. The summed E-state index contributed by atoms with van der Waals surface area (Å²) in [6, 6.07) is -1.33. The van der Waals surface area contributed by atoms with Crippen LogP contribution < -0.4 is 16.4 Å². The predicted octanol–water partition coefficient (Wildman–Crippen LogP) is 1.14. The van der Waals surface area contributed by atoms with E-state index < -0.39 is 12.1 Å². The molecule has 8 nitrogen and oxygen atoms in total. The van der Waals surface area contributed by atoms with Crippen molar-refractivity contribution in [3.8, 4) is 0 Å². The van der Waals surface area contributed by atoms with Crippen molar-refractivity contribution >= 4 is 28.4 Å². The first-order valence-electron chi connectivity index (χ1n) is 8.19. The highest BCUT2D eigenvalue weighted by Gasteiger charge is 2.20. The Morgan fingerprint density at radius 2 is 2.21 bits per heavy atom. The van der Waals surface area contributed by atoms with Gasteiger partial charge in [-0.05, 0) is 6.42 Å². The number of thiazole rings is 1. The first-order valence-corrected chi connectivity index (χ1v) is 9.07. The minimum absolute atomic E-state index is 0.283. The molecule has 2 heterocycles. The number of carbonyl (C=O) groups excluding carboxylic acids is 2. The van der Waals surface area contributed by atoms with Crippen LogP contribution in [-0.4, -0.2) is 54.2 Å². The molecule has 3 amide bonds. The summed E-state index contributed by atoms with van der Waals surface area (Å²) in [4.78, 5) is 30.1. The molecule has 1 atom stereocenters. The summed E-state index contributed by atoms with van der Waals surface area (Å²) in [6.07, 6.45) is 2.32. The van der Waals surface area contributed by atoms with Crippen LogP contribution in [0.15, 0.2) is 5.38 Å². The Bertz CT molecular complexity index is 545. The molecule has 0 saturated carbocycles. The Balaban J connectivity index is 1.88. The highest BCUT2D eigenvalue weighted by Crippen LogP contribution is 2.18. The number of unbranched alkanes of at least 4 members (excludes halogenated alkanes) is 1. The molecule has 24 heavy (non-hydrogen) atoms. The molecule has 0 radical (unpaired) electrons. The molecule has 1 aliphatic rings. The molecule has 4 N–H and O–H groups in total. The Morgan fingerprint density at radius 1 is 1.46 bits per heavy atom. The van der Waals surface area contributed by atoms with Gasteiger partial charge in [-0.2, -0.15) is 0 Å². The Kier molecular flexibility index (Phi) is 7.41. The summed E-state index contributed by atoms with van der Waals surface area (Å²) >= 11 is 1.38. The monoisotopic (exact) mass is 355 g/mol. The summed E-state index contributed by atoms with van der Waals surface area (Å²) in [5.41, 5.74) is 6.07. The topological polar surface area (TPSA) is 110 Å². The van der Waals surface area contributed by atoms with Gasteiger partial charge in [-0.3, -0.25) is 9.69 Å². The third-order valence-corrected chi connectivity index (χ3v) is 4.56. The highest BCUT2D eigenvalue weighted by molar-refractivity contribution is 7.13. The zero-order valence-corrected chi connectivity index (χ0v) is 14.7. The van der Waals surface area contributed by atoms with Crippen LogP contribution in [0.1, 0.15) is 31.9 Å². The molecule has 1 fully saturated rings. The van der Waals surface area contributed by atoms with Gasteiger partial charge in [0.15, 0.2) is 5.13 Å². The van der Waals surface area contributed by atoms with Gasteiger partial charge in [0.05, 0.1) is 18.9 Å². The van der Waals surface area contributed by atoms with Gasteiger partial charge in [0.2, 0.25) is 5.91 Å². The number of rotatable bonds is 8. The smallest absolute Gasteiger partial charge is 0.312 e. The van der Waals surface area contributed by atoms with Crippen molar-refractivity contribution < 1.29 is 14.3 Å². The number of nitrogens with zero attached hydrogens (tertiary/aromatic N) is 2. The van der Waals surface area contributed by atoms with Gasteiger partial charge in [0.25, 0.3) is 0 Å². The average Bonchev–Trinajstić information content (AvgIpc) is 2.99. The van der Waals surface area contributed by atoms with Crippen LogP contribution in [0.25, 0.3) is 0 Å². The van der Waals surface area contributed by atoms with Crippen molar-refractivity contribution in [2.24, 2.45) is 5.73 Å². The molecular formula is C15H25N5O3S. The molecule has 134 valence electrons. The van der Waals surface area contributed by atoms with Gasteiger partial charge in [-0.25, -0.2) is 9.78 Å². The van der Waals surface area contributed by atoms with Gasteiger partial charge < -0.3 is 21.1 Å². The minimum atomic E-state index is -0.696. The molecule has 1 aromatic heterocycles. The summed E-state index contributed by atoms with van der Waals surface area (Å²) in [5.74, 6) is -0.283. The number of aromatic nitrogens is 1. The average molecular weight is 355 g/mol. The fourth-order valence-corrected chi connectivity index (χ4v) is 3.17. The summed E-state index contributed by atoms with van der Waals surface area (Å²) in [6.45, 7) is 6.03. The summed E-state index contributed by atoms with van der Waals surface area (Å²) < 4.78 is 5.32. The van der Waals surface area contributed by atoms with Crippen molar-refractivity contribution in [1.29, 1.82) is 0 Å². The van der Waals surface area contributed by atoms with Gasteiger partial charge in [0, 0.05) is 25.0 Å². The number of urea groups is 1. The Morgan fingerprint density at radius 3 is 2.88 bits per heavy atom. The van der Waals surface area contributed by atoms with Gasteiger partial charge in [-0.1, -0.05) is 19.8 Å². The minimum Gasteiger partial charge on any atom is -0.379 e. The van der Waals surface area contributed by atoms with Crippen LogP contribution in [-0.2, 0) is 16.1 Å². The molecule has 1 unspecified atom stereocenters. The normalized spacial score (nSPS) is 16.5. The lowest BCUT2D eigenvalue weighted by molar-refractivity contribution is -0.118. The van der Waals surface area contributed by atoms with E-state index in [0.29, 0.717) is 11.6 Å². The van der Waals surface area contributed by atoms with E-state index in [4.69, 9.17) is 10.5 Å². The van der Waals surface area contributed by atoms with Gasteiger partial charge in [0.1, 0.15) is 6.04 Å². The lowest BCUT2D eigenvalue weighted by atomic mass is 10.1. The van der Waals surface area contributed by atoms with Gasteiger partial charge in [-0.15, -0.1) is 11.3 Å². The van der Waals surface area contributed by atoms with E-state index in [2.05, 4.69) is 20.5 Å². The molecule has 0 aromatic carbocycles. The van der Waals surface area contributed by atoms with E-state index in [9.17, 15) is 9.59 Å². The fourth-order valence-electron chi connectivity index (χ4n) is 2.47. The SMILES string of the molecule is CCCCC(NC(N)=O)C(=O)Nc1nc(CN2CCOCC2)cs1. The Hall–Kier alpha value is -1.71. The first kappa shape index (κ1) is 18.6. The summed E-state index contributed by atoms with van der Waals surface area (Å²) in [7, 11) is 0. The number of morpholine rings is 1. The molecule has 2 rings (SSSR count). The van der Waals surface area contributed by atoms with Crippen molar-refractivity contribution in [2.45, 2.75) is 38.8 Å². The van der Waals surface area contributed by atoms with Crippen molar-refractivity contribution in [3.05, 3.63) is 11.1 Å². The number of anilines is 1. The maximum Gasteiger partial charge on any atom is 0.312 e. The summed E-state index contributed by atoms with van der Waals surface area (Å²) in [5, 5.41) is 7.73. The zero-order chi connectivity index (χ0) is 17.4. The maximum atomic E-state index is 12.3. The van der Waals surface area contributed by atoms with Crippen molar-refractivity contribution in [3.63, 3.8) is 0 Å². The van der Waals surface area contributed by atoms with Crippen LogP contribution in [0.5, 0.6) is 0 Å². The van der Waals surface area contributed by atoms with E-state index in [1.807, 2.05) is 12.3 Å². The van der Waals surface area contributed by atoms with Crippen LogP contribution in [0.3, 0.4) is 0 Å². The van der Waals surface area contributed by atoms with Crippen molar-refractivity contribution in [2.75, 3.05) is 31.6 Å². The Labute approximate surface area is 145 Å². The third-order valence-electron chi connectivity index (χ3n) is 3.75. The molecule has 0 aliphatic carbocycles. The number of ether oxygens (including phenoxy) is 1. The molecule has 0 bridgehead atoms. The molecular weight excluding hydrogens is 330 g/mol. The van der Waals surface area contributed by atoms with E-state index >= 15 is 0 Å². The second-order valence-corrected chi connectivity index (χ2v) is 6.58. The molecule has 0 spiro atoms. The van der Waals surface area contributed by atoms with E-state index in [1.165, 1.54) is 11.3 Å². The second kappa shape index (κ2) is 9.55. The molecule has 1 saturated heterocycles. The molecule has 1 aliphatic heterocycles. The van der Waals surface area contributed by atoms with Crippen LogP contribution in [0.2, 0.25) is 0 Å². The molecule has 1 aromatic rings. The molecule has 9 heteroatoms. The van der Waals surface area contributed by atoms with E-state index in [-0.39, 0.29) is 5.91 Å². The zero-order valence-electron chi connectivity index (χ0n) is 13.9. The number of nitrogens with two attached hydrogens (primary N) is 1. The number of hydrogen-bond acceptors (Lipinski definition) is 6. The van der Waals surface area contributed by atoms with Crippen LogP contribution >= 0.6 is 11.3 Å². The number of hydrogen-bond donors (Lipinski definition) is 3. The third kappa shape index (κ3) is 6.06. The number of carbonyl (C=O) groups is 2. The maximum absolute atomic E-state index is 12.3. The predicted molar refractivity (Wildman–Crippen MR) is 92.9 cm³/mol.